The van der Waals surface area contributed by atoms with E-state index < -0.39 is 0 Å². The number of ether oxygens (including phenoxy) is 2. The van der Waals surface area contributed by atoms with E-state index >= 15 is 0 Å². The highest BCUT2D eigenvalue weighted by molar-refractivity contribution is 6.33. The Balaban J connectivity index is 0.00000176. The van der Waals surface area contributed by atoms with Crippen molar-refractivity contribution in [1.29, 1.82) is 0 Å². The van der Waals surface area contributed by atoms with Crippen LogP contribution in [0, 0.1) is 0 Å². The normalized spacial score (nSPS) is 9.85. The standard InChI is InChI=1S/C21H25ClO3.CH2O/c1-2-3-4-5-6-7-14-24-18-10-12-19(13-11-18)25-20-9-8-17(16-23)21(22)15-20;1-2/h8-13,15-16H,2-7,14H2,1H3;1H2. The zero-order valence-electron chi connectivity index (χ0n) is 15.8. The van der Waals surface area contributed by atoms with Crippen molar-refractivity contribution < 1.29 is 19.1 Å². The molecule has 0 aromatic heterocycles. The maximum atomic E-state index is 10.8. The number of carbonyl (C=O) groups is 2. The minimum absolute atomic E-state index is 0.381. The molecule has 0 radical (unpaired) electrons. The van der Waals surface area contributed by atoms with Crippen LogP contribution in [0.15, 0.2) is 42.5 Å². The minimum atomic E-state index is 0.381. The Labute approximate surface area is 166 Å². The van der Waals surface area contributed by atoms with Crippen LogP contribution in [0.1, 0.15) is 55.8 Å². The maximum Gasteiger partial charge on any atom is 0.151 e. The second-order valence-electron chi connectivity index (χ2n) is 5.99. The fourth-order valence-electron chi connectivity index (χ4n) is 2.48. The minimum Gasteiger partial charge on any atom is -0.494 e. The molecule has 2 aromatic carbocycles. The van der Waals surface area contributed by atoms with Crippen molar-refractivity contribution in [3.05, 3.63) is 53.1 Å². The van der Waals surface area contributed by atoms with Crippen molar-refractivity contribution in [2.24, 2.45) is 0 Å². The molecule has 5 heteroatoms. The molecule has 0 N–H and O–H groups in total. The molecule has 146 valence electrons. The molecule has 0 unspecified atom stereocenters. The Morgan fingerprint density at radius 1 is 0.889 bits per heavy atom. The zero-order chi connectivity index (χ0) is 19.9. The van der Waals surface area contributed by atoms with Gasteiger partial charge in [0.15, 0.2) is 6.29 Å². The van der Waals surface area contributed by atoms with E-state index in [-0.39, 0.29) is 0 Å². The first kappa shape index (κ1) is 22.7. The van der Waals surface area contributed by atoms with Crippen LogP contribution in [-0.4, -0.2) is 19.7 Å². The van der Waals surface area contributed by atoms with Crippen molar-refractivity contribution in [3.8, 4) is 17.2 Å². The Morgan fingerprint density at radius 2 is 1.48 bits per heavy atom. The van der Waals surface area contributed by atoms with Crippen molar-refractivity contribution in [3.63, 3.8) is 0 Å². The SMILES string of the molecule is C=O.CCCCCCCCOc1ccc(Oc2ccc(C=O)c(Cl)c2)cc1. The lowest BCUT2D eigenvalue weighted by molar-refractivity contribution is -0.0980. The molecule has 0 heterocycles. The summed E-state index contributed by atoms with van der Waals surface area (Å²) in [4.78, 5) is 18.8. The summed E-state index contributed by atoms with van der Waals surface area (Å²) in [7, 11) is 0. The molecule has 0 atom stereocenters. The lowest BCUT2D eigenvalue weighted by Gasteiger charge is -2.09. The van der Waals surface area contributed by atoms with Crippen molar-refractivity contribution in [1.82, 2.24) is 0 Å². The molecule has 0 aliphatic rings. The van der Waals surface area contributed by atoms with Gasteiger partial charge in [-0.2, -0.15) is 0 Å². The summed E-state index contributed by atoms with van der Waals surface area (Å²) >= 11 is 6.00. The summed E-state index contributed by atoms with van der Waals surface area (Å²) in [6.07, 6.45) is 8.24. The van der Waals surface area contributed by atoms with Crippen molar-refractivity contribution >= 4 is 24.7 Å². The van der Waals surface area contributed by atoms with Gasteiger partial charge in [0.2, 0.25) is 0 Å². The molecule has 0 amide bonds. The summed E-state index contributed by atoms with van der Waals surface area (Å²) in [6.45, 7) is 4.97. The molecule has 0 aliphatic heterocycles. The van der Waals surface area contributed by atoms with Gasteiger partial charge in [0.1, 0.15) is 24.0 Å². The van der Waals surface area contributed by atoms with Crippen LogP contribution in [-0.2, 0) is 4.79 Å². The van der Waals surface area contributed by atoms with E-state index in [2.05, 4.69) is 6.92 Å². The third-order valence-corrected chi connectivity index (χ3v) is 4.25. The average molecular weight is 391 g/mol. The van der Waals surface area contributed by atoms with Crippen LogP contribution in [0.3, 0.4) is 0 Å². The zero-order valence-corrected chi connectivity index (χ0v) is 16.5. The molecule has 0 fully saturated rings. The highest BCUT2D eigenvalue weighted by Gasteiger charge is 2.03. The molecule has 27 heavy (non-hydrogen) atoms. The lowest BCUT2D eigenvalue weighted by Crippen LogP contribution is -1.97. The maximum absolute atomic E-state index is 10.8. The lowest BCUT2D eigenvalue weighted by atomic mass is 10.1. The largest absolute Gasteiger partial charge is 0.494 e. The summed E-state index contributed by atoms with van der Waals surface area (Å²) in [6, 6.07) is 12.5. The van der Waals surface area contributed by atoms with Gasteiger partial charge in [-0.3, -0.25) is 4.79 Å². The first-order chi connectivity index (χ1) is 13.2. The fraction of sp³-hybridized carbons (Fsp3) is 0.364. The van der Waals surface area contributed by atoms with E-state index in [4.69, 9.17) is 25.9 Å². The number of hydrogen-bond donors (Lipinski definition) is 0. The van der Waals surface area contributed by atoms with Crippen LogP contribution >= 0.6 is 11.6 Å². The summed E-state index contributed by atoms with van der Waals surface area (Å²) in [5.74, 6) is 2.13. The number of unbranched alkanes of at least 4 members (excludes halogenated alkanes) is 5. The highest BCUT2D eigenvalue weighted by Crippen LogP contribution is 2.27. The predicted octanol–water partition coefficient (Wildman–Crippen LogP) is 6.50. The van der Waals surface area contributed by atoms with Gasteiger partial charge in [-0.15, -0.1) is 0 Å². The second kappa shape index (κ2) is 13.8. The van der Waals surface area contributed by atoms with Gasteiger partial charge in [-0.05, 0) is 42.8 Å². The van der Waals surface area contributed by atoms with Gasteiger partial charge in [0.05, 0.1) is 11.6 Å². The van der Waals surface area contributed by atoms with E-state index in [1.807, 2.05) is 31.1 Å². The smallest absolute Gasteiger partial charge is 0.151 e. The van der Waals surface area contributed by atoms with Crippen LogP contribution in [0.2, 0.25) is 5.02 Å². The van der Waals surface area contributed by atoms with E-state index in [1.165, 1.54) is 32.1 Å². The van der Waals surface area contributed by atoms with E-state index in [0.717, 1.165) is 25.1 Å². The van der Waals surface area contributed by atoms with Crippen molar-refractivity contribution in [2.45, 2.75) is 45.4 Å². The molecule has 2 rings (SSSR count). The molecule has 0 spiro atoms. The number of carbonyl (C=O) groups excluding carboxylic acids is 2. The quantitative estimate of drug-likeness (QED) is 0.324. The van der Waals surface area contributed by atoms with Gasteiger partial charge >= 0.3 is 0 Å². The van der Waals surface area contributed by atoms with Gasteiger partial charge in [-0.1, -0.05) is 50.6 Å². The van der Waals surface area contributed by atoms with E-state index in [1.54, 1.807) is 18.2 Å². The molecule has 0 aliphatic carbocycles. The monoisotopic (exact) mass is 390 g/mol. The number of aldehydes is 1. The average Bonchev–Trinajstić information content (AvgIpc) is 2.70. The Hall–Kier alpha value is -2.33. The number of halogens is 1. The first-order valence-electron chi connectivity index (χ1n) is 9.17. The molecule has 0 bridgehead atoms. The Bertz CT molecular complexity index is 671. The number of hydrogen-bond acceptors (Lipinski definition) is 4. The van der Waals surface area contributed by atoms with Crippen LogP contribution < -0.4 is 9.47 Å². The summed E-state index contributed by atoms with van der Waals surface area (Å²) in [5, 5.41) is 0.381. The van der Waals surface area contributed by atoms with Gasteiger partial charge < -0.3 is 14.3 Å². The van der Waals surface area contributed by atoms with E-state index in [0.29, 0.717) is 22.1 Å². The topological polar surface area (TPSA) is 52.6 Å². The summed E-state index contributed by atoms with van der Waals surface area (Å²) < 4.78 is 11.5. The van der Waals surface area contributed by atoms with Gasteiger partial charge in [0, 0.05) is 11.6 Å². The summed E-state index contributed by atoms with van der Waals surface area (Å²) in [5.41, 5.74) is 0.451. The Morgan fingerprint density at radius 3 is 2.11 bits per heavy atom. The number of rotatable bonds is 11. The Kier molecular flexibility index (Phi) is 11.6. The molecular weight excluding hydrogens is 364 g/mol. The fourth-order valence-corrected chi connectivity index (χ4v) is 2.69. The highest BCUT2D eigenvalue weighted by atomic mass is 35.5. The van der Waals surface area contributed by atoms with Crippen molar-refractivity contribution in [2.75, 3.05) is 6.61 Å². The van der Waals surface area contributed by atoms with E-state index in [9.17, 15) is 4.79 Å². The predicted molar refractivity (Wildman–Crippen MR) is 109 cm³/mol. The number of benzene rings is 2. The van der Waals surface area contributed by atoms with Gasteiger partial charge in [0.25, 0.3) is 0 Å². The second-order valence-corrected chi connectivity index (χ2v) is 6.40. The van der Waals surface area contributed by atoms with Gasteiger partial charge in [-0.25, -0.2) is 0 Å². The molecule has 0 saturated carbocycles. The third-order valence-electron chi connectivity index (χ3n) is 3.92. The third kappa shape index (κ3) is 8.74. The molecule has 0 saturated heterocycles. The van der Waals surface area contributed by atoms with Crippen LogP contribution in [0.5, 0.6) is 17.2 Å². The molecule has 4 nitrogen and oxygen atoms in total. The molecule has 2 aromatic rings. The first-order valence-corrected chi connectivity index (χ1v) is 9.55. The van der Waals surface area contributed by atoms with Crippen LogP contribution in [0.25, 0.3) is 0 Å². The van der Waals surface area contributed by atoms with Crippen LogP contribution in [0.4, 0.5) is 0 Å². The molecular formula is C22H27ClO4.